The molecule has 1 saturated heterocycles. The van der Waals surface area contributed by atoms with Crippen molar-refractivity contribution in [3.63, 3.8) is 0 Å². The van der Waals surface area contributed by atoms with Gasteiger partial charge in [0.25, 0.3) is 0 Å². The molecule has 0 atom stereocenters. The molecule has 234 valence electrons. The lowest BCUT2D eigenvalue weighted by molar-refractivity contribution is -0.190. The number of halogens is 4. The Balaban J connectivity index is 1.36. The van der Waals surface area contributed by atoms with Crippen molar-refractivity contribution in [3.05, 3.63) is 77.4 Å². The van der Waals surface area contributed by atoms with E-state index in [1.165, 1.54) is 43.9 Å². The first-order chi connectivity index (χ1) is 20.9. The normalized spacial score (nSPS) is 16.9. The number of hydrogen-bond donors (Lipinski definition) is 0. The van der Waals surface area contributed by atoms with Crippen LogP contribution in [-0.2, 0) is 9.47 Å². The van der Waals surface area contributed by atoms with Gasteiger partial charge in [0.15, 0.2) is 29.5 Å². The molecule has 0 saturated carbocycles. The fourth-order valence-electron chi connectivity index (χ4n) is 5.49. The summed E-state index contributed by atoms with van der Waals surface area (Å²) in [5.41, 5.74) is 1.22. The van der Waals surface area contributed by atoms with Crippen LogP contribution in [-0.4, -0.2) is 26.1 Å². The molecule has 0 aliphatic carbocycles. The van der Waals surface area contributed by atoms with E-state index in [0.717, 1.165) is 44.9 Å². The lowest BCUT2D eigenvalue weighted by Crippen LogP contribution is -2.31. The maximum Gasteiger partial charge on any atom is 0.201 e. The SMILES string of the molecule is CCCCCCCCCOc1ccc(-c2ccc(-c3ccc(C4COC(CCCCC)OC4)c(F)c3F)cc2)c(F)c1F. The molecule has 0 radical (unpaired) electrons. The molecule has 1 aliphatic heterocycles. The number of rotatable bonds is 16. The maximum atomic E-state index is 15.2. The van der Waals surface area contributed by atoms with Gasteiger partial charge in [-0.3, -0.25) is 0 Å². The molecule has 3 aromatic rings. The van der Waals surface area contributed by atoms with Gasteiger partial charge in [0, 0.05) is 17.0 Å². The predicted octanol–water partition coefficient (Wildman–Crippen LogP) is 10.7. The zero-order valence-corrected chi connectivity index (χ0v) is 25.4. The lowest BCUT2D eigenvalue weighted by atomic mass is 9.94. The predicted molar refractivity (Wildman–Crippen MR) is 163 cm³/mol. The Morgan fingerprint density at radius 1 is 0.605 bits per heavy atom. The second-order valence-electron chi connectivity index (χ2n) is 11.4. The first-order valence-corrected chi connectivity index (χ1v) is 15.9. The molecule has 1 aliphatic rings. The van der Waals surface area contributed by atoms with Gasteiger partial charge >= 0.3 is 0 Å². The Hall–Kier alpha value is -2.90. The van der Waals surface area contributed by atoms with Gasteiger partial charge in [-0.2, -0.15) is 4.39 Å². The third-order valence-corrected chi connectivity index (χ3v) is 8.12. The highest BCUT2D eigenvalue weighted by Gasteiger charge is 2.27. The Morgan fingerprint density at radius 3 is 1.77 bits per heavy atom. The van der Waals surface area contributed by atoms with E-state index in [-0.39, 0.29) is 41.9 Å². The standard InChI is InChI=1S/C36H44F4O3/c1-3-5-7-8-9-10-12-22-41-31-21-20-29(35(39)36(31)40)26-16-14-25(15-17-26)28-18-19-30(34(38)33(28)37)27-23-42-32(43-24-27)13-11-6-4-2/h14-21,27,32H,3-13,22-24H2,1-2H3. The Bertz CT molecular complexity index is 1290. The van der Waals surface area contributed by atoms with Crippen LogP contribution in [0, 0.1) is 23.3 Å². The largest absolute Gasteiger partial charge is 0.490 e. The Labute approximate surface area is 253 Å². The summed E-state index contributed by atoms with van der Waals surface area (Å²) in [5, 5.41) is 0. The molecule has 0 N–H and O–H groups in total. The average Bonchev–Trinajstić information content (AvgIpc) is 3.02. The van der Waals surface area contributed by atoms with Crippen molar-refractivity contribution in [2.45, 2.75) is 96.7 Å². The van der Waals surface area contributed by atoms with Gasteiger partial charge < -0.3 is 14.2 Å². The molecule has 43 heavy (non-hydrogen) atoms. The van der Waals surface area contributed by atoms with Gasteiger partial charge in [-0.05, 0) is 48.1 Å². The van der Waals surface area contributed by atoms with E-state index in [4.69, 9.17) is 14.2 Å². The molecule has 0 aromatic heterocycles. The minimum Gasteiger partial charge on any atom is -0.490 e. The van der Waals surface area contributed by atoms with E-state index >= 15 is 8.78 Å². The van der Waals surface area contributed by atoms with Gasteiger partial charge in [0.1, 0.15) is 0 Å². The number of ether oxygens (including phenoxy) is 3. The van der Waals surface area contributed by atoms with Crippen LogP contribution in [0.15, 0.2) is 48.5 Å². The highest BCUT2D eigenvalue weighted by atomic mass is 19.2. The fraction of sp³-hybridized carbons (Fsp3) is 0.500. The van der Waals surface area contributed by atoms with Crippen molar-refractivity contribution in [2.24, 2.45) is 0 Å². The monoisotopic (exact) mass is 600 g/mol. The minimum absolute atomic E-state index is 0.0691. The summed E-state index contributed by atoms with van der Waals surface area (Å²) in [5.74, 6) is -4.43. The maximum absolute atomic E-state index is 15.2. The van der Waals surface area contributed by atoms with Crippen LogP contribution in [0.3, 0.4) is 0 Å². The number of benzene rings is 3. The van der Waals surface area contributed by atoms with Crippen LogP contribution in [0.1, 0.15) is 96.0 Å². The van der Waals surface area contributed by atoms with Crippen LogP contribution in [0.5, 0.6) is 5.75 Å². The number of hydrogen-bond acceptors (Lipinski definition) is 3. The highest BCUT2D eigenvalue weighted by molar-refractivity contribution is 5.72. The quantitative estimate of drug-likeness (QED) is 0.121. The summed E-state index contributed by atoms with van der Waals surface area (Å²) in [6.07, 6.45) is 11.4. The van der Waals surface area contributed by atoms with Gasteiger partial charge in [-0.25, -0.2) is 13.2 Å². The third kappa shape index (κ3) is 8.82. The van der Waals surface area contributed by atoms with E-state index < -0.39 is 29.2 Å². The smallest absolute Gasteiger partial charge is 0.201 e. The van der Waals surface area contributed by atoms with Crippen LogP contribution in [0.4, 0.5) is 17.6 Å². The molecule has 3 nitrogen and oxygen atoms in total. The van der Waals surface area contributed by atoms with E-state index in [1.807, 2.05) is 0 Å². The molecule has 0 amide bonds. The zero-order chi connectivity index (χ0) is 30.6. The molecule has 7 heteroatoms. The van der Waals surface area contributed by atoms with Gasteiger partial charge in [0.05, 0.1) is 19.8 Å². The van der Waals surface area contributed by atoms with E-state index in [1.54, 1.807) is 30.3 Å². The summed E-state index contributed by atoms with van der Waals surface area (Å²) in [7, 11) is 0. The van der Waals surface area contributed by atoms with Gasteiger partial charge in [-0.15, -0.1) is 0 Å². The second kappa shape index (κ2) is 16.8. The van der Waals surface area contributed by atoms with Crippen LogP contribution < -0.4 is 4.74 Å². The van der Waals surface area contributed by atoms with Crippen molar-refractivity contribution >= 4 is 0 Å². The van der Waals surface area contributed by atoms with Crippen molar-refractivity contribution in [2.75, 3.05) is 19.8 Å². The van der Waals surface area contributed by atoms with Crippen molar-refractivity contribution < 1.29 is 31.8 Å². The van der Waals surface area contributed by atoms with Crippen molar-refractivity contribution in [1.82, 2.24) is 0 Å². The second-order valence-corrected chi connectivity index (χ2v) is 11.4. The topological polar surface area (TPSA) is 27.7 Å². The Morgan fingerprint density at radius 2 is 1.14 bits per heavy atom. The molecule has 0 bridgehead atoms. The average molecular weight is 601 g/mol. The van der Waals surface area contributed by atoms with Crippen molar-refractivity contribution in [3.8, 4) is 28.0 Å². The summed E-state index contributed by atoms with van der Waals surface area (Å²) in [6.45, 7) is 5.18. The molecule has 0 unspecified atom stereocenters. The Kier molecular flexibility index (Phi) is 12.9. The summed E-state index contributed by atoms with van der Waals surface area (Å²) < 4.78 is 77.1. The molecule has 0 spiro atoms. The lowest BCUT2D eigenvalue weighted by Gasteiger charge is -2.30. The van der Waals surface area contributed by atoms with Crippen LogP contribution in [0.25, 0.3) is 22.3 Å². The molecular weight excluding hydrogens is 556 g/mol. The fourth-order valence-corrected chi connectivity index (χ4v) is 5.49. The summed E-state index contributed by atoms with van der Waals surface area (Å²) in [6, 6.07) is 12.3. The van der Waals surface area contributed by atoms with Gasteiger partial charge in [-0.1, -0.05) is 102 Å². The van der Waals surface area contributed by atoms with Gasteiger partial charge in [0.2, 0.25) is 5.82 Å². The molecule has 4 rings (SSSR count). The summed E-state index contributed by atoms with van der Waals surface area (Å²) in [4.78, 5) is 0. The minimum atomic E-state index is -1.03. The first-order valence-electron chi connectivity index (χ1n) is 15.9. The van der Waals surface area contributed by atoms with Crippen LogP contribution in [0.2, 0.25) is 0 Å². The third-order valence-electron chi connectivity index (χ3n) is 8.12. The highest BCUT2D eigenvalue weighted by Crippen LogP contribution is 2.35. The van der Waals surface area contributed by atoms with E-state index in [9.17, 15) is 8.78 Å². The summed E-state index contributed by atoms with van der Waals surface area (Å²) >= 11 is 0. The zero-order valence-electron chi connectivity index (χ0n) is 25.4. The van der Waals surface area contributed by atoms with Crippen LogP contribution >= 0.6 is 0 Å². The first kappa shape index (κ1) is 33.0. The molecule has 1 heterocycles. The molecule has 3 aromatic carbocycles. The number of unbranched alkanes of at least 4 members (excludes halogenated alkanes) is 8. The van der Waals surface area contributed by atoms with E-state index in [0.29, 0.717) is 17.7 Å². The molecular formula is C36H44F4O3. The van der Waals surface area contributed by atoms with E-state index in [2.05, 4.69) is 13.8 Å². The van der Waals surface area contributed by atoms with Crippen molar-refractivity contribution in [1.29, 1.82) is 0 Å². The molecule has 1 fully saturated rings.